The number of likely N-dealkylation sites (tertiary alicyclic amines) is 1. The van der Waals surface area contributed by atoms with Crippen molar-refractivity contribution in [2.45, 2.75) is 38.3 Å². The van der Waals surface area contributed by atoms with Gasteiger partial charge in [0.05, 0.1) is 11.4 Å². The first-order chi connectivity index (χ1) is 13.1. The van der Waals surface area contributed by atoms with Gasteiger partial charge >= 0.3 is 6.03 Å². The minimum Gasteiger partial charge on any atom is -0.323 e. The SMILES string of the molecule is CCC1(C2CCN(Cc3ccnn3-c3ccccc3)CC2)NC(=O)NC1=O. The highest BCUT2D eigenvalue weighted by molar-refractivity contribution is 6.07. The van der Waals surface area contributed by atoms with Crippen LogP contribution in [0.4, 0.5) is 4.79 Å². The van der Waals surface area contributed by atoms with Crippen LogP contribution in [-0.4, -0.2) is 45.2 Å². The molecule has 2 fully saturated rings. The summed E-state index contributed by atoms with van der Waals surface area (Å²) in [6.07, 6.45) is 4.23. The first kappa shape index (κ1) is 17.7. The highest BCUT2D eigenvalue weighted by Gasteiger charge is 2.50. The number of rotatable bonds is 5. The Morgan fingerprint density at radius 3 is 2.52 bits per heavy atom. The summed E-state index contributed by atoms with van der Waals surface area (Å²) in [7, 11) is 0. The number of para-hydroxylation sites is 1. The van der Waals surface area contributed by atoms with Gasteiger partial charge in [0.1, 0.15) is 5.54 Å². The fraction of sp³-hybridized carbons (Fsp3) is 0.450. The molecule has 2 aliphatic rings. The lowest BCUT2D eigenvalue weighted by molar-refractivity contribution is -0.126. The molecule has 7 heteroatoms. The number of nitrogens with zero attached hydrogens (tertiary/aromatic N) is 3. The predicted octanol–water partition coefficient (Wildman–Crippen LogP) is 2.07. The Morgan fingerprint density at radius 1 is 1.15 bits per heavy atom. The summed E-state index contributed by atoms with van der Waals surface area (Å²) < 4.78 is 1.98. The maximum Gasteiger partial charge on any atom is 0.322 e. The summed E-state index contributed by atoms with van der Waals surface area (Å²) in [5.74, 6) is -0.000150. The van der Waals surface area contributed by atoms with Crippen LogP contribution in [0.15, 0.2) is 42.6 Å². The molecule has 3 heterocycles. The number of urea groups is 1. The third-order valence-corrected chi connectivity index (χ3v) is 5.92. The smallest absolute Gasteiger partial charge is 0.322 e. The molecule has 0 saturated carbocycles. The van der Waals surface area contributed by atoms with E-state index in [1.807, 2.05) is 36.0 Å². The first-order valence-electron chi connectivity index (χ1n) is 9.56. The van der Waals surface area contributed by atoms with Gasteiger partial charge in [-0.05, 0) is 56.5 Å². The molecule has 2 aliphatic heterocycles. The zero-order valence-corrected chi connectivity index (χ0v) is 15.5. The Balaban J connectivity index is 1.42. The van der Waals surface area contributed by atoms with Crippen molar-refractivity contribution in [3.05, 3.63) is 48.3 Å². The molecular weight excluding hydrogens is 342 g/mol. The maximum absolute atomic E-state index is 12.4. The normalized spacial score (nSPS) is 24.0. The standard InChI is InChI=1S/C20H25N5O2/c1-2-20(18(26)22-19(27)23-20)15-9-12-24(13-10-15)14-17-8-11-21-25(17)16-6-4-3-5-7-16/h3-8,11,15H,2,9-10,12-14H2,1H3,(H2,22,23,26,27). The van der Waals surface area contributed by atoms with Crippen molar-refractivity contribution in [3.63, 3.8) is 0 Å². The number of piperidine rings is 1. The summed E-state index contributed by atoms with van der Waals surface area (Å²) in [5.41, 5.74) is 1.47. The van der Waals surface area contributed by atoms with E-state index >= 15 is 0 Å². The third kappa shape index (κ3) is 3.23. The number of amides is 3. The predicted molar refractivity (Wildman–Crippen MR) is 101 cm³/mol. The van der Waals surface area contributed by atoms with Crippen LogP contribution in [0.25, 0.3) is 5.69 Å². The molecule has 4 rings (SSSR count). The Bertz CT molecular complexity index is 826. The number of carbonyl (C=O) groups excluding carboxylic acids is 2. The molecule has 1 aromatic carbocycles. The second-order valence-corrected chi connectivity index (χ2v) is 7.35. The molecule has 1 atom stereocenters. The van der Waals surface area contributed by atoms with Crippen LogP contribution in [0.2, 0.25) is 0 Å². The lowest BCUT2D eigenvalue weighted by Crippen LogP contribution is -2.55. The number of hydrogen-bond acceptors (Lipinski definition) is 4. The number of nitrogens with one attached hydrogen (secondary N) is 2. The number of hydrogen-bond donors (Lipinski definition) is 2. The van der Waals surface area contributed by atoms with Crippen molar-refractivity contribution in [1.29, 1.82) is 0 Å². The lowest BCUT2D eigenvalue weighted by atomic mass is 9.76. The largest absolute Gasteiger partial charge is 0.323 e. The van der Waals surface area contributed by atoms with E-state index in [1.165, 1.54) is 0 Å². The molecule has 0 radical (unpaired) electrons. The van der Waals surface area contributed by atoms with Gasteiger partial charge in [-0.1, -0.05) is 25.1 Å². The Labute approximate surface area is 158 Å². The van der Waals surface area contributed by atoms with Crippen molar-refractivity contribution < 1.29 is 9.59 Å². The van der Waals surface area contributed by atoms with Gasteiger partial charge in [0.2, 0.25) is 0 Å². The van der Waals surface area contributed by atoms with Crippen LogP contribution in [0.1, 0.15) is 31.9 Å². The van der Waals surface area contributed by atoms with Gasteiger partial charge < -0.3 is 5.32 Å². The highest BCUT2D eigenvalue weighted by atomic mass is 16.2. The van der Waals surface area contributed by atoms with Gasteiger partial charge in [-0.2, -0.15) is 5.10 Å². The molecule has 0 aliphatic carbocycles. The summed E-state index contributed by atoms with van der Waals surface area (Å²) in [6.45, 7) is 4.58. The van der Waals surface area contributed by atoms with Crippen molar-refractivity contribution in [2.75, 3.05) is 13.1 Å². The minimum absolute atomic E-state index is 0.171. The Hall–Kier alpha value is -2.67. The molecular formula is C20H25N5O2. The van der Waals surface area contributed by atoms with Crippen molar-refractivity contribution >= 4 is 11.9 Å². The Morgan fingerprint density at radius 2 is 1.89 bits per heavy atom. The first-order valence-corrected chi connectivity index (χ1v) is 9.56. The number of imide groups is 1. The summed E-state index contributed by atoms with van der Waals surface area (Å²) in [6, 6.07) is 11.8. The van der Waals surface area contributed by atoms with Crippen LogP contribution in [0, 0.1) is 5.92 Å². The van der Waals surface area contributed by atoms with Crippen molar-refractivity contribution in [1.82, 2.24) is 25.3 Å². The van der Waals surface area contributed by atoms with E-state index in [2.05, 4.69) is 38.8 Å². The van der Waals surface area contributed by atoms with Crippen LogP contribution in [0.3, 0.4) is 0 Å². The molecule has 1 aromatic heterocycles. The van der Waals surface area contributed by atoms with E-state index in [9.17, 15) is 9.59 Å². The van der Waals surface area contributed by atoms with E-state index < -0.39 is 5.54 Å². The monoisotopic (exact) mass is 367 g/mol. The van der Waals surface area contributed by atoms with Crippen LogP contribution < -0.4 is 10.6 Å². The van der Waals surface area contributed by atoms with Crippen LogP contribution >= 0.6 is 0 Å². The molecule has 142 valence electrons. The number of benzene rings is 1. The van der Waals surface area contributed by atoms with Gasteiger partial charge in [-0.15, -0.1) is 0 Å². The molecule has 2 aromatic rings. The topological polar surface area (TPSA) is 79.3 Å². The zero-order chi connectivity index (χ0) is 18.9. The van der Waals surface area contributed by atoms with Crippen LogP contribution in [-0.2, 0) is 11.3 Å². The highest BCUT2D eigenvalue weighted by Crippen LogP contribution is 2.33. The second kappa shape index (κ2) is 7.15. The van der Waals surface area contributed by atoms with E-state index in [0.717, 1.165) is 43.9 Å². The van der Waals surface area contributed by atoms with Crippen molar-refractivity contribution in [2.24, 2.45) is 5.92 Å². The molecule has 2 saturated heterocycles. The fourth-order valence-corrected chi connectivity index (χ4v) is 4.40. The second-order valence-electron chi connectivity index (χ2n) is 7.35. The summed E-state index contributed by atoms with van der Waals surface area (Å²) in [4.78, 5) is 26.4. The van der Waals surface area contributed by atoms with Gasteiger partial charge in [-0.3, -0.25) is 15.0 Å². The number of carbonyl (C=O) groups is 2. The van der Waals surface area contributed by atoms with Gasteiger partial charge in [0, 0.05) is 12.7 Å². The fourth-order valence-electron chi connectivity index (χ4n) is 4.40. The van der Waals surface area contributed by atoms with E-state index in [0.29, 0.717) is 6.42 Å². The summed E-state index contributed by atoms with van der Waals surface area (Å²) in [5, 5.41) is 9.77. The Kier molecular flexibility index (Phi) is 4.70. The molecule has 27 heavy (non-hydrogen) atoms. The molecule has 3 amide bonds. The minimum atomic E-state index is -0.741. The third-order valence-electron chi connectivity index (χ3n) is 5.92. The van der Waals surface area contributed by atoms with Gasteiger partial charge in [0.25, 0.3) is 5.91 Å². The molecule has 1 unspecified atom stereocenters. The average Bonchev–Trinajstić information content (AvgIpc) is 3.27. The average molecular weight is 367 g/mol. The molecule has 2 N–H and O–H groups in total. The molecule has 0 bridgehead atoms. The van der Waals surface area contributed by atoms with Crippen LogP contribution in [0.5, 0.6) is 0 Å². The van der Waals surface area contributed by atoms with Crippen molar-refractivity contribution in [3.8, 4) is 5.69 Å². The quantitative estimate of drug-likeness (QED) is 0.793. The number of aromatic nitrogens is 2. The van der Waals surface area contributed by atoms with Gasteiger partial charge in [-0.25, -0.2) is 9.48 Å². The maximum atomic E-state index is 12.4. The zero-order valence-electron chi connectivity index (χ0n) is 15.5. The van der Waals surface area contributed by atoms with Gasteiger partial charge in [0.15, 0.2) is 0 Å². The molecule has 0 spiro atoms. The van der Waals surface area contributed by atoms with E-state index in [4.69, 9.17) is 0 Å². The van der Waals surface area contributed by atoms with E-state index in [1.54, 1.807) is 0 Å². The lowest BCUT2D eigenvalue weighted by Gasteiger charge is -2.40. The summed E-state index contributed by atoms with van der Waals surface area (Å²) >= 11 is 0. The molecule has 7 nitrogen and oxygen atoms in total. The van der Waals surface area contributed by atoms with E-state index in [-0.39, 0.29) is 17.9 Å².